The maximum Gasteiger partial charge on any atom is 0.244 e. The number of sulfonamides is 1. The minimum Gasteiger partial charge on any atom is -0.381 e. The molecule has 2 aromatic rings. The molecule has 152 valence electrons. The van der Waals surface area contributed by atoms with Crippen LogP contribution in [-0.4, -0.2) is 39.0 Å². The van der Waals surface area contributed by atoms with Gasteiger partial charge in [0.15, 0.2) is 11.6 Å². The maximum atomic E-state index is 13.6. The van der Waals surface area contributed by atoms with Crippen molar-refractivity contribution in [2.75, 3.05) is 31.6 Å². The maximum absolute atomic E-state index is 13.6. The van der Waals surface area contributed by atoms with Gasteiger partial charge in [-0.25, -0.2) is 17.2 Å². The Balaban J connectivity index is 1.87. The molecule has 1 fully saturated rings. The molecule has 1 aliphatic heterocycles. The van der Waals surface area contributed by atoms with Gasteiger partial charge in [-0.1, -0.05) is 23.2 Å². The third-order valence-electron chi connectivity index (χ3n) is 4.38. The average molecular weight is 451 g/mol. The average Bonchev–Trinajstić information content (AvgIpc) is 2.65. The fourth-order valence-corrected chi connectivity index (χ4v) is 5.10. The fourth-order valence-electron chi connectivity index (χ4n) is 2.86. The zero-order chi connectivity index (χ0) is 20.5. The SMILES string of the molecule is Cc1cc(NCc2cc(S(=O)(=O)N3CCOCC3)c(Cl)cc2Cl)cc(F)c1F. The Hall–Kier alpha value is -1.45. The van der Waals surface area contributed by atoms with Gasteiger partial charge in [-0.2, -0.15) is 4.31 Å². The molecule has 0 bridgehead atoms. The number of morpholine rings is 1. The van der Waals surface area contributed by atoms with Crippen LogP contribution in [0.3, 0.4) is 0 Å². The normalized spacial score (nSPS) is 15.6. The van der Waals surface area contributed by atoms with E-state index >= 15 is 0 Å². The number of anilines is 1. The molecule has 0 radical (unpaired) electrons. The van der Waals surface area contributed by atoms with Gasteiger partial charge in [-0.3, -0.25) is 0 Å². The van der Waals surface area contributed by atoms with Gasteiger partial charge in [0.05, 0.1) is 18.2 Å². The molecule has 0 spiro atoms. The van der Waals surface area contributed by atoms with E-state index < -0.39 is 21.7 Å². The van der Waals surface area contributed by atoms with E-state index in [0.717, 1.165) is 6.07 Å². The Morgan fingerprint density at radius 2 is 1.79 bits per heavy atom. The van der Waals surface area contributed by atoms with Crippen molar-refractivity contribution >= 4 is 38.9 Å². The summed E-state index contributed by atoms with van der Waals surface area (Å²) in [7, 11) is -3.81. The van der Waals surface area contributed by atoms with Crippen LogP contribution >= 0.6 is 23.2 Å². The summed E-state index contributed by atoms with van der Waals surface area (Å²) >= 11 is 12.4. The summed E-state index contributed by atoms with van der Waals surface area (Å²) in [4.78, 5) is -0.0567. The van der Waals surface area contributed by atoms with Crippen molar-refractivity contribution in [2.45, 2.75) is 18.4 Å². The van der Waals surface area contributed by atoms with E-state index in [4.69, 9.17) is 27.9 Å². The van der Waals surface area contributed by atoms with Crippen LogP contribution in [0.25, 0.3) is 0 Å². The molecule has 5 nitrogen and oxygen atoms in total. The van der Waals surface area contributed by atoms with Gasteiger partial charge >= 0.3 is 0 Å². The van der Waals surface area contributed by atoms with Crippen LogP contribution in [0.4, 0.5) is 14.5 Å². The molecular weight excluding hydrogens is 433 g/mol. The van der Waals surface area contributed by atoms with Crippen molar-refractivity contribution in [3.8, 4) is 0 Å². The summed E-state index contributed by atoms with van der Waals surface area (Å²) in [6.45, 7) is 2.66. The van der Waals surface area contributed by atoms with Crippen LogP contribution < -0.4 is 5.32 Å². The topological polar surface area (TPSA) is 58.6 Å². The van der Waals surface area contributed by atoms with E-state index in [0.29, 0.717) is 24.5 Å². The number of benzene rings is 2. The first kappa shape index (κ1) is 21.3. The Labute approximate surface area is 172 Å². The number of ether oxygens (including phenoxy) is 1. The molecule has 3 rings (SSSR count). The zero-order valence-corrected chi connectivity index (χ0v) is 17.3. The van der Waals surface area contributed by atoms with Gasteiger partial charge in [-0.05, 0) is 36.2 Å². The Bertz CT molecular complexity index is 974. The quantitative estimate of drug-likeness (QED) is 0.740. The van der Waals surface area contributed by atoms with Crippen LogP contribution in [0.5, 0.6) is 0 Å². The molecule has 1 N–H and O–H groups in total. The molecule has 0 amide bonds. The molecule has 0 unspecified atom stereocenters. The highest BCUT2D eigenvalue weighted by atomic mass is 35.5. The lowest BCUT2D eigenvalue weighted by Crippen LogP contribution is -2.40. The summed E-state index contributed by atoms with van der Waals surface area (Å²) < 4.78 is 59.3. The van der Waals surface area contributed by atoms with Gasteiger partial charge in [0.1, 0.15) is 4.90 Å². The Kier molecular flexibility index (Phi) is 6.46. The van der Waals surface area contributed by atoms with Crippen molar-refractivity contribution in [1.82, 2.24) is 4.31 Å². The third-order valence-corrected chi connectivity index (χ3v) is 7.10. The highest BCUT2D eigenvalue weighted by molar-refractivity contribution is 7.89. The number of nitrogens with one attached hydrogen (secondary N) is 1. The summed E-state index contributed by atoms with van der Waals surface area (Å²) in [5.74, 6) is -1.88. The predicted molar refractivity (Wildman–Crippen MR) is 104 cm³/mol. The largest absolute Gasteiger partial charge is 0.381 e. The molecule has 1 aliphatic rings. The number of nitrogens with zero attached hydrogens (tertiary/aromatic N) is 1. The molecule has 0 atom stereocenters. The van der Waals surface area contributed by atoms with Crippen molar-refractivity contribution in [3.63, 3.8) is 0 Å². The van der Waals surface area contributed by atoms with Crippen LogP contribution in [0.15, 0.2) is 29.2 Å². The fraction of sp³-hybridized carbons (Fsp3) is 0.333. The van der Waals surface area contributed by atoms with Gasteiger partial charge in [0, 0.05) is 36.4 Å². The summed E-state index contributed by atoms with van der Waals surface area (Å²) in [6, 6.07) is 5.24. The van der Waals surface area contributed by atoms with Crippen molar-refractivity contribution in [3.05, 3.63) is 57.1 Å². The zero-order valence-electron chi connectivity index (χ0n) is 14.9. The second-order valence-electron chi connectivity index (χ2n) is 6.33. The minimum absolute atomic E-state index is 0.0175. The predicted octanol–water partition coefficient (Wildman–Crippen LogP) is 4.21. The second kappa shape index (κ2) is 8.51. The molecule has 1 saturated heterocycles. The van der Waals surface area contributed by atoms with Gasteiger partial charge in [-0.15, -0.1) is 0 Å². The van der Waals surface area contributed by atoms with Crippen LogP contribution in [0, 0.1) is 18.6 Å². The van der Waals surface area contributed by atoms with Crippen molar-refractivity contribution < 1.29 is 21.9 Å². The lowest BCUT2D eigenvalue weighted by atomic mass is 10.2. The Morgan fingerprint density at radius 1 is 1.11 bits per heavy atom. The van der Waals surface area contributed by atoms with E-state index in [1.165, 1.54) is 29.4 Å². The molecule has 2 aromatic carbocycles. The molecule has 28 heavy (non-hydrogen) atoms. The lowest BCUT2D eigenvalue weighted by Gasteiger charge is -2.26. The minimum atomic E-state index is -3.81. The summed E-state index contributed by atoms with van der Waals surface area (Å²) in [6.07, 6.45) is 0. The third kappa shape index (κ3) is 4.41. The highest BCUT2D eigenvalue weighted by Gasteiger charge is 2.29. The van der Waals surface area contributed by atoms with E-state index in [9.17, 15) is 17.2 Å². The first-order valence-electron chi connectivity index (χ1n) is 8.45. The molecule has 1 heterocycles. The van der Waals surface area contributed by atoms with Crippen molar-refractivity contribution in [2.24, 2.45) is 0 Å². The standard InChI is InChI=1S/C18H18Cl2F2N2O3S/c1-11-6-13(8-16(21)18(11)22)23-10-12-7-17(15(20)9-14(12)19)28(25,26)24-2-4-27-5-3-24/h6-9,23H,2-5,10H2,1H3. The number of hydrogen-bond acceptors (Lipinski definition) is 4. The van der Waals surface area contributed by atoms with E-state index in [-0.39, 0.29) is 40.1 Å². The summed E-state index contributed by atoms with van der Waals surface area (Å²) in [5, 5.41) is 3.21. The second-order valence-corrected chi connectivity index (χ2v) is 9.05. The molecular formula is C18H18Cl2F2N2O3S. The molecule has 10 heteroatoms. The van der Waals surface area contributed by atoms with E-state index in [2.05, 4.69) is 5.32 Å². The summed E-state index contributed by atoms with van der Waals surface area (Å²) in [5.41, 5.74) is 0.959. The number of aryl methyl sites for hydroxylation is 1. The van der Waals surface area contributed by atoms with E-state index in [1.807, 2.05) is 0 Å². The molecule has 0 aromatic heterocycles. The Morgan fingerprint density at radius 3 is 2.43 bits per heavy atom. The van der Waals surface area contributed by atoms with Gasteiger partial charge in [0.25, 0.3) is 0 Å². The van der Waals surface area contributed by atoms with Gasteiger partial charge in [0.2, 0.25) is 10.0 Å². The van der Waals surface area contributed by atoms with Crippen molar-refractivity contribution in [1.29, 1.82) is 0 Å². The van der Waals surface area contributed by atoms with Crippen LogP contribution in [-0.2, 0) is 21.3 Å². The monoisotopic (exact) mass is 450 g/mol. The molecule has 0 aliphatic carbocycles. The number of hydrogen-bond donors (Lipinski definition) is 1. The highest BCUT2D eigenvalue weighted by Crippen LogP contribution is 2.31. The van der Waals surface area contributed by atoms with E-state index in [1.54, 1.807) is 0 Å². The first-order chi connectivity index (χ1) is 13.2. The van der Waals surface area contributed by atoms with Gasteiger partial charge < -0.3 is 10.1 Å². The van der Waals surface area contributed by atoms with Crippen LogP contribution in [0.2, 0.25) is 10.0 Å². The first-order valence-corrected chi connectivity index (χ1v) is 10.6. The molecule has 0 saturated carbocycles. The number of rotatable bonds is 5. The lowest BCUT2D eigenvalue weighted by molar-refractivity contribution is 0.0730. The smallest absolute Gasteiger partial charge is 0.244 e. The van der Waals surface area contributed by atoms with Crippen LogP contribution in [0.1, 0.15) is 11.1 Å². The number of halogens is 4.